The summed E-state index contributed by atoms with van der Waals surface area (Å²) in [4.78, 5) is 2.29. The molecule has 5 heteroatoms. The van der Waals surface area contributed by atoms with Gasteiger partial charge in [-0.3, -0.25) is 0 Å². The van der Waals surface area contributed by atoms with Crippen LogP contribution in [0.25, 0.3) is 10.6 Å². The van der Waals surface area contributed by atoms with Crippen molar-refractivity contribution in [3.8, 4) is 10.6 Å². The lowest BCUT2D eigenvalue weighted by Gasteiger charge is -2.35. The Balaban J connectivity index is 1.77. The minimum Gasteiger partial charge on any atom is -0.379 e. The number of anilines is 1. The SMILES string of the molecule is COC1CN(c2nnc(-c3ccccc3)s2)CCC1C. The number of rotatable bonds is 3. The summed E-state index contributed by atoms with van der Waals surface area (Å²) >= 11 is 1.65. The van der Waals surface area contributed by atoms with Gasteiger partial charge in [-0.15, -0.1) is 10.2 Å². The summed E-state index contributed by atoms with van der Waals surface area (Å²) < 4.78 is 5.56. The Morgan fingerprint density at radius 1 is 1.25 bits per heavy atom. The number of piperidine rings is 1. The van der Waals surface area contributed by atoms with Gasteiger partial charge in [-0.25, -0.2) is 0 Å². The molecule has 0 radical (unpaired) electrons. The Hall–Kier alpha value is -1.46. The topological polar surface area (TPSA) is 38.2 Å². The lowest BCUT2D eigenvalue weighted by atomic mass is 9.96. The fraction of sp³-hybridized carbons (Fsp3) is 0.467. The quantitative estimate of drug-likeness (QED) is 0.870. The maximum Gasteiger partial charge on any atom is 0.208 e. The van der Waals surface area contributed by atoms with Gasteiger partial charge in [0.25, 0.3) is 0 Å². The van der Waals surface area contributed by atoms with E-state index < -0.39 is 0 Å². The minimum absolute atomic E-state index is 0.285. The van der Waals surface area contributed by atoms with Crippen LogP contribution in [0, 0.1) is 5.92 Å². The van der Waals surface area contributed by atoms with Gasteiger partial charge in [0.15, 0.2) is 0 Å². The predicted octanol–water partition coefficient (Wildman–Crippen LogP) is 3.07. The van der Waals surface area contributed by atoms with E-state index in [2.05, 4.69) is 34.2 Å². The highest BCUT2D eigenvalue weighted by Crippen LogP contribution is 2.31. The summed E-state index contributed by atoms with van der Waals surface area (Å²) in [7, 11) is 1.79. The molecular formula is C15H19N3OS. The Labute approximate surface area is 123 Å². The van der Waals surface area contributed by atoms with Crippen molar-refractivity contribution < 1.29 is 4.74 Å². The van der Waals surface area contributed by atoms with Gasteiger partial charge in [0, 0.05) is 25.8 Å². The number of methoxy groups -OCH3 is 1. The fourth-order valence-electron chi connectivity index (χ4n) is 2.56. The molecule has 1 aliphatic heterocycles. The molecule has 106 valence electrons. The van der Waals surface area contributed by atoms with E-state index in [-0.39, 0.29) is 6.10 Å². The summed E-state index contributed by atoms with van der Waals surface area (Å²) in [6, 6.07) is 10.2. The zero-order valence-corrected chi connectivity index (χ0v) is 12.6. The summed E-state index contributed by atoms with van der Waals surface area (Å²) in [5.41, 5.74) is 1.13. The van der Waals surface area contributed by atoms with Crippen LogP contribution in [0.1, 0.15) is 13.3 Å². The molecule has 1 aromatic heterocycles. The standard InChI is InChI=1S/C15H19N3OS/c1-11-8-9-18(10-13(11)19-2)15-17-16-14(20-15)12-6-4-3-5-7-12/h3-7,11,13H,8-10H2,1-2H3. The molecular weight excluding hydrogens is 270 g/mol. The molecule has 2 atom stereocenters. The van der Waals surface area contributed by atoms with Crippen molar-refractivity contribution >= 4 is 16.5 Å². The maximum atomic E-state index is 5.56. The normalized spacial score (nSPS) is 23.0. The van der Waals surface area contributed by atoms with Gasteiger partial charge in [-0.1, -0.05) is 48.6 Å². The largest absolute Gasteiger partial charge is 0.379 e. The molecule has 0 spiro atoms. The first-order valence-electron chi connectivity index (χ1n) is 6.94. The molecule has 0 saturated carbocycles. The van der Waals surface area contributed by atoms with Gasteiger partial charge >= 0.3 is 0 Å². The average Bonchev–Trinajstić information content (AvgIpc) is 2.98. The van der Waals surface area contributed by atoms with Crippen LogP contribution in [-0.4, -0.2) is 36.5 Å². The highest BCUT2D eigenvalue weighted by atomic mass is 32.1. The molecule has 20 heavy (non-hydrogen) atoms. The molecule has 2 aromatic rings. The number of ether oxygens (including phenoxy) is 1. The Kier molecular flexibility index (Phi) is 3.98. The van der Waals surface area contributed by atoms with Crippen LogP contribution in [0.3, 0.4) is 0 Å². The molecule has 0 N–H and O–H groups in total. The summed E-state index contributed by atoms with van der Waals surface area (Å²) in [6.07, 6.45) is 1.42. The van der Waals surface area contributed by atoms with Gasteiger partial charge in [0.2, 0.25) is 5.13 Å². The van der Waals surface area contributed by atoms with Crippen LogP contribution in [-0.2, 0) is 4.74 Å². The van der Waals surface area contributed by atoms with Crippen LogP contribution < -0.4 is 4.90 Å². The molecule has 0 amide bonds. The molecule has 2 heterocycles. The third kappa shape index (κ3) is 2.69. The van der Waals surface area contributed by atoms with Crippen LogP contribution in [0.4, 0.5) is 5.13 Å². The van der Waals surface area contributed by atoms with E-state index in [4.69, 9.17) is 4.74 Å². The molecule has 1 aliphatic rings. The second kappa shape index (κ2) is 5.89. The first-order chi connectivity index (χ1) is 9.78. The number of nitrogens with zero attached hydrogens (tertiary/aromatic N) is 3. The van der Waals surface area contributed by atoms with Gasteiger partial charge in [0.05, 0.1) is 6.10 Å². The summed E-state index contributed by atoms with van der Waals surface area (Å²) in [5.74, 6) is 0.609. The first-order valence-corrected chi connectivity index (χ1v) is 7.76. The average molecular weight is 289 g/mol. The van der Waals surface area contributed by atoms with E-state index >= 15 is 0 Å². The second-order valence-corrected chi connectivity index (χ2v) is 6.20. The van der Waals surface area contributed by atoms with Crippen LogP contribution >= 0.6 is 11.3 Å². The van der Waals surface area contributed by atoms with Gasteiger partial charge in [-0.05, 0) is 12.3 Å². The van der Waals surface area contributed by atoms with E-state index in [0.717, 1.165) is 35.2 Å². The molecule has 0 bridgehead atoms. The number of hydrogen-bond acceptors (Lipinski definition) is 5. The number of benzene rings is 1. The van der Waals surface area contributed by atoms with Gasteiger partial charge in [0.1, 0.15) is 5.01 Å². The van der Waals surface area contributed by atoms with E-state index in [9.17, 15) is 0 Å². The second-order valence-electron chi connectivity index (χ2n) is 5.24. The van der Waals surface area contributed by atoms with Crippen molar-refractivity contribution in [2.75, 3.05) is 25.1 Å². The zero-order valence-electron chi connectivity index (χ0n) is 11.8. The van der Waals surface area contributed by atoms with Gasteiger partial charge in [-0.2, -0.15) is 0 Å². The Morgan fingerprint density at radius 3 is 2.80 bits per heavy atom. The minimum atomic E-state index is 0.285. The van der Waals surface area contributed by atoms with Crippen molar-refractivity contribution in [3.05, 3.63) is 30.3 Å². The van der Waals surface area contributed by atoms with Gasteiger partial charge < -0.3 is 9.64 Å². The molecule has 0 aliphatic carbocycles. The predicted molar refractivity (Wildman–Crippen MR) is 82.1 cm³/mol. The Morgan fingerprint density at radius 2 is 2.05 bits per heavy atom. The number of hydrogen-bond donors (Lipinski definition) is 0. The molecule has 3 rings (SSSR count). The highest BCUT2D eigenvalue weighted by Gasteiger charge is 2.27. The molecule has 1 fully saturated rings. The fourth-order valence-corrected chi connectivity index (χ4v) is 3.44. The molecule has 1 aromatic carbocycles. The molecule has 2 unspecified atom stereocenters. The molecule has 1 saturated heterocycles. The van der Waals surface area contributed by atoms with Crippen molar-refractivity contribution in [3.63, 3.8) is 0 Å². The van der Waals surface area contributed by atoms with Crippen molar-refractivity contribution in [2.45, 2.75) is 19.4 Å². The monoisotopic (exact) mass is 289 g/mol. The highest BCUT2D eigenvalue weighted by molar-refractivity contribution is 7.18. The third-order valence-corrected chi connectivity index (χ3v) is 4.93. The van der Waals surface area contributed by atoms with E-state index in [1.807, 2.05) is 18.2 Å². The lowest BCUT2D eigenvalue weighted by Crippen LogP contribution is -2.43. The maximum absolute atomic E-state index is 5.56. The van der Waals surface area contributed by atoms with Crippen LogP contribution in [0.5, 0.6) is 0 Å². The first kappa shape index (κ1) is 13.5. The number of aromatic nitrogens is 2. The van der Waals surface area contributed by atoms with Crippen molar-refractivity contribution in [1.82, 2.24) is 10.2 Å². The van der Waals surface area contributed by atoms with E-state index in [1.165, 1.54) is 0 Å². The van der Waals surface area contributed by atoms with Crippen molar-refractivity contribution in [2.24, 2.45) is 5.92 Å². The Bertz CT molecular complexity index is 557. The molecule has 4 nitrogen and oxygen atoms in total. The van der Waals surface area contributed by atoms with E-state index in [1.54, 1.807) is 18.4 Å². The lowest BCUT2D eigenvalue weighted by molar-refractivity contribution is 0.0498. The smallest absolute Gasteiger partial charge is 0.208 e. The van der Waals surface area contributed by atoms with E-state index in [0.29, 0.717) is 5.92 Å². The van der Waals surface area contributed by atoms with Crippen molar-refractivity contribution in [1.29, 1.82) is 0 Å². The summed E-state index contributed by atoms with van der Waals surface area (Å²) in [6.45, 7) is 4.19. The summed E-state index contributed by atoms with van der Waals surface area (Å²) in [5, 5.41) is 10.6. The zero-order chi connectivity index (χ0) is 13.9. The van der Waals surface area contributed by atoms with Crippen LogP contribution in [0.15, 0.2) is 30.3 Å². The van der Waals surface area contributed by atoms with Crippen LogP contribution in [0.2, 0.25) is 0 Å². The third-order valence-electron chi connectivity index (χ3n) is 3.90.